The van der Waals surface area contributed by atoms with Crippen molar-refractivity contribution in [2.24, 2.45) is 0 Å². The van der Waals surface area contributed by atoms with E-state index in [0.29, 0.717) is 38.3 Å². The van der Waals surface area contributed by atoms with Crippen molar-refractivity contribution in [1.82, 2.24) is 20.0 Å². The third-order valence-corrected chi connectivity index (χ3v) is 5.60. The highest BCUT2D eigenvalue weighted by Crippen LogP contribution is 2.31. The molecular formula is C20H24N4O3. The third kappa shape index (κ3) is 3.60. The van der Waals surface area contributed by atoms with E-state index in [1.807, 2.05) is 40.1 Å². The molecule has 142 valence electrons. The SMILES string of the molecule is CC(=O)N1CCC2(CC1)CN(C(=O)c1ccc(-c3ccn[nH]3)cc1)CCO2. The van der Waals surface area contributed by atoms with Gasteiger partial charge in [0.2, 0.25) is 5.91 Å². The fourth-order valence-corrected chi connectivity index (χ4v) is 3.94. The molecular weight excluding hydrogens is 344 g/mol. The number of aromatic nitrogens is 2. The Morgan fingerprint density at radius 3 is 2.44 bits per heavy atom. The molecule has 7 nitrogen and oxygen atoms in total. The predicted molar refractivity (Wildman–Crippen MR) is 100 cm³/mol. The molecule has 0 aliphatic carbocycles. The van der Waals surface area contributed by atoms with Gasteiger partial charge in [0, 0.05) is 38.3 Å². The van der Waals surface area contributed by atoms with E-state index in [4.69, 9.17) is 4.74 Å². The van der Waals surface area contributed by atoms with Crippen molar-refractivity contribution >= 4 is 11.8 Å². The minimum atomic E-state index is -0.324. The van der Waals surface area contributed by atoms with Crippen LogP contribution in [0.5, 0.6) is 0 Å². The van der Waals surface area contributed by atoms with E-state index in [2.05, 4.69) is 10.2 Å². The van der Waals surface area contributed by atoms with Crippen molar-refractivity contribution in [3.63, 3.8) is 0 Å². The molecule has 7 heteroatoms. The van der Waals surface area contributed by atoms with Gasteiger partial charge in [-0.15, -0.1) is 0 Å². The molecule has 27 heavy (non-hydrogen) atoms. The average Bonchev–Trinajstić information content (AvgIpc) is 3.23. The van der Waals surface area contributed by atoms with Crippen molar-refractivity contribution in [3.8, 4) is 11.3 Å². The lowest BCUT2D eigenvalue weighted by Crippen LogP contribution is -2.58. The Hall–Kier alpha value is -2.67. The molecule has 2 aliphatic rings. The monoisotopic (exact) mass is 368 g/mol. The first kappa shape index (κ1) is 17.7. The first-order valence-electron chi connectivity index (χ1n) is 9.35. The minimum Gasteiger partial charge on any atom is -0.371 e. The highest BCUT2D eigenvalue weighted by molar-refractivity contribution is 5.94. The number of aromatic amines is 1. The van der Waals surface area contributed by atoms with Crippen molar-refractivity contribution in [3.05, 3.63) is 42.1 Å². The Kier molecular flexibility index (Phi) is 4.70. The van der Waals surface area contributed by atoms with Crippen LogP contribution in [0.1, 0.15) is 30.1 Å². The summed E-state index contributed by atoms with van der Waals surface area (Å²) in [7, 11) is 0. The lowest BCUT2D eigenvalue weighted by molar-refractivity contribution is -0.145. The maximum absolute atomic E-state index is 13.0. The first-order chi connectivity index (χ1) is 13.1. The van der Waals surface area contributed by atoms with Crippen molar-refractivity contribution in [2.45, 2.75) is 25.4 Å². The fraction of sp³-hybridized carbons (Fsp3) is 0.450. The zero-order chi connectivity index (χ0) is 18.9. The minimum absolute atomic E-state index is 0.0304. The molecule has 2 aliphatic heterocycles. The molecule has 0 atom stereocenters. The van der Waals surface area contributed by atoms with Crippen LogP contribution in [0.15, 0.2) is 36.5 Å². The summed E-state index contributed by atoms with van der Waals surface area (Å²) in [6, 6.07) is 9.48. The second kappa shape index (κ2) is 7.15. The van der Waals surface area contributed by atoms with Gasteiger partial charge in [0.1, 0.15) is 0 Å². The second-order valence-electron chi connectivity index (χ2n) is 7.31. The van der Waals surface area contributed by atoms with Crippen molar-refractivity contribution in [2.75, 3.05) is 32.8 Å². The number of piperidine rings is 1. The van der Waals surface area contributed by atoms with Gasteiger partial charge in [-0.25, -0.2) is 0 Å². The van der Waals surface area contributed by atoms with Gasteiger partial charge in [-0.1, -0.05) is 12.1 Å². The fourth-order valence-electron chi connectivity index (χ4n) is 3.94. The normalized spacial score (nSPS) is 19.3. The quantitative estimate of drug-likeness (QED) is 0.879. The van der Waals surface area contributed by atoms with E-state index in [0.717, 1.165) is 24.1 Å². The smallest absolute Gasteiger partial charge is 0.254 e. The van der Waals surface area contributed by atoms with Gasteiger partial charge in [0.05, 0.1) is 24.4 Å². The van der Waals surface area contributed by atoms with Gasteiger partial charge in [-0.3, -0.25) is 14.7 Å². The number of nitrogens with one attached hydrogen (secondary N) is 1. The third-order valence-electron chi connectivity index (χ3n) is 5.60. The summed E-state index contributed by atoms with van der Waals surface area (Å²) in [6.07, 6.45) is 3.25. The maximum Gasteiger partial charge on any atom is 0.254 e. The largest absolute Gasteiger partial charge is 0.371 e. The first-order valence-corrected chi connectivity index (χ1v) is 9.35. The number of nitrogens with zero attached hydrogens (tertiary/aromatic N) is 3. The summed E-state index contributed by atoms with van der Waals surface area (Å²) < 4.78 is 6.08. The van der Waals surface area contributed by atoms with Crippen molar-refractivity contribution in [1.29, 1.82) is 0 Å². The number of benzene rings is 1. The zero-order valence-electron chi connectivity index (χ0n) is 15.5. The number of ether oxygens (including phenoxy) is 1. The number of rotatable bonds is 2. The van der Waals surface area contributed by atoms with Gasteiger partial charge in [-0.05, 0) is 36.6 Å². The molecule has 0 unspecified atom stereocenters. The van der Waals surface area contributed by atoms with E-state index < -0.39 is 0 Å². The Balaban J connectivity index is 1.44. The summed E-state index contributed by atoms with van der Waals surface area (Å²) >= 11 is 0. The summed E-state index contributed by atoms with van der Waals surface area (Å²) in [4.78, 5) is 28.3. The molecule has 2 aromatic rings. The Labute approximate surface area is 158 Å². The molecule has 0 saturated carbocycles. The number of carbonyl (C=O) groups excluding carboxylic acids is 2. The lowest BCUT2D eigenvalue weighted by Gasteiger charge is -2.47. The topological polar surface area (TPSA) is 78.5 Å². The van der Waals surface area contributed by atoms with Crippen LogP contribution in [0, 0.1) is 0 Å². The van der Waals surface area contributed by atoms with Crippen LogP contribution in [0.4, 0.5) is 0 Å². The number of hydrogen-bond acceptors (Lipinski definition) is 4. The van der Waals surface area contributed by atoms with Gasteiger partial charge in [0.15, 0.2) is 0 Å². The molecule has 4 rings (SSSR count). The Morgan fingerprint density at radius 2 is 1.81 bits per heavy atom. The number of H-pyrrole nitrogens is 1. The van der Waals surface area contributed by atoms with Crippen LogP contribution in [-0.2, 0) is 9.53 Å². The second-order valence-corrected chi connectivity index (χ2v) is 7.31. The molecule has 2 fully saturated rings. The molecule has 2 amide bonds. The van der Waals surface area contributed by atoms with Crippen LogP contribution < -0.4 is 0 Å². The predicted octanol–water partition coefficient (Wildman–Crippen LogP) is 1.93. The van der Waals surface area contributed by atoms with Gasteiger partial charge in [0.25, 0.3) is 5.91 Å². The van der Waals surface area contributed by atoms with Gasteiger partial charge < -0.3 is 14.5 Å². The Bertz CT molecular complexity index is 808. The highest BCUT2D eigenvalue weighted by Gasteiger charge is 2.41. The molecule has 1 spiro atoms. The van der Waals surface area contributed by atoms with Crippen LogP contribution in [0.3, 0.4) is 0 Å². The van der Waals surface area contributed by atoms with Crippen LogP contribution in [-0.4, -0.2) is 70.2 Å². The van der Waals surface area contributed by atoms with E-state index in [1.54, 1.807) is 13.1 Å². The van der Waals surface area contributed by atoms with Crippen LogP contribution >= 0.6 is 0 Å². The van der Waals surface area contributed by atoms with E-state index in [9.17, 15) is 9.59 Å². The van der Waals surface area contributed by atoms with Gasteiger partial charge in [-0.2, -0.15) is 5.10 Å². The van der Waals surface area contributed by atoms with Crippen molar-refractivity contribution < 1.29 is 14.3 Å². The number of carbonyl (C=O) groups is 2. The average molecular weight is 368 g/mol. The highest BCUT2D eigenvalue weighted by atomic mass is 16.5. The number of hydrogen-bond donors (Lipinski definition) is 1. The number of likely N-dealkylation sites (tertiary alicyclic amines) is 1. The molecule has 3 heterocycles. The number of amides is 2. The maximum atomic E-state index is 13.0. The zero-order valence-corrected chi connectivity index (χ0v) is 15.5. The molecule has 0 radical (unpaired) electrons. The van der Waals surface area contributed by atoms with Gasteiger partial charge >= 0.3 is 0 Å². The van der Waals surface area contributed by atoms with E-state index >= 15 is 0 Å². The molecule has 1 aromatic carbocycles. The Morgan fingerprint density at radius 1 is 1.07 bits per heavy atom. The summed E-state index contributed by atoms with van der Waals surface area (Å²) in [5.41, 5.74) is 2.28. The van der Waals surface area contributed by atoms with E-state index in [-0.39, 0.29) is 17.4 Å². The number of morpholine rings is 1. The summed E-state index contributed by atoms with van der Waals surface area (Å²) in [5.74, 6) is 0.133. The van der Waals surface area contributed by atoms with E-state index in [1.165, 1.54) is 0 Å². The molecule has 0 bridgehead atoms. The molecule has 1 N–H and O–H groups in total. The van der Waals surface area contributed by atoms with Crippen LogP contribution in [0.2, 0.25) is 0 Å². The standard InChI is InChI=1S/C20H24N4O3/c1-15(25)23-10-7-20(8-11-23)14-24(12-13-27-20)19(26)17-4-2-16(3-5-17)18-6-9-21-22-18/h2-6,9H,7-8,10-14H2,1H3,(H,21,22). The van der Waals surface area contributed by atoms with Crippen LogP contribution in [0.25, 0.3) is 11.3 Å². The summed E-state index contributed by atoms with van der Waals surface area (Å²) in [5, 5.41) is 6.88. The molecule has 1 aromatic heterocycles. The summed E-state index contributed by atoms with van der Waals surface area (Å²) in [6.45, 7) is 4.70. The molecule has 2 saturated heterocycles. The lowest BCUT2D eigenvalue weighted by atomic mass is 9.89.